The van der Waals surface area contributed by atoms with Crippen LogP contribution in [0.15, 0.2) is 18.3 Å². The van der Waals surface area contributed by atoms with Crippen molar-refractivity contribution in [2.75, 3.05) is 19.6 Å². The molecule has 0 spiro atoms. The number of rotatable bonds is 4. The number of aromatic nitrogens is 1. The standard InChI is InChI=1S/C13H20N4O2/c1-16-6-3-5-11(16)13(19)15-12(18)9-17-7-2-4-10(17)8-14/h3,5-6,10H,2,4,7-9,14H2,1H3,(H,15,18,19). The first-order valence-electron chi connectivity index (χ1n) is 6.51. The zero-order valence-electron chi connectivity index (χ0n) is 11.1. The number of carbonyl (C=O) groups is 2. The predicted octanol–water partition coefficient (Wildman–Crippen LogP) is -0.295. The molecule has 1 aliphatic heterocycles. The molecule has 1 aliphatic rings. The number of hydrogen-bond acceptors (Lipinski definition) is 4. The van der Waals surface area contributed by atoms with Crippen molar-refractivity contribution >= 4 is 11.8 Å². The van der Waals surface area contributed by atoms with Gasteiger partial charge in [0.1, 0.15) is 5.69 Å². The largest absolute Gasteiger partial charge is 0.347 e. The minimum atomic E-state index is -0.360. The highest BCUT2D eigenvalue weighted by atomic mass is 16.2. The molecule has 1 unspecified atom stereocenters. The van der Waals surface area contributed by atoms with Gasteiger partial charge in [-0.05, 0) is 31.5 Å². The zero-order chi connectivity index (χ0) is 13.8. The van der Waals surface area contributed by atoms with Gasteiger partial charge in [0.05, 0.1) is 6.54 Å². The lowest BCUT2D eigenvalue weighted by Crippen LogP contribution is -2.44. The second-order valence-electron chi connectivity index (χ2n) is 4.88. The van der Waals surface area contributed by atoms with E-state index in [4.69, 9.17) is 5.73 Å². The Hall–Kier alpha value is -1.66. The maximum absolute atomic E-state index is 11.9. The van der Waals surface area contributed by atoms with E-state index in [-0.39, 0.29) is 24.4 Å². The van der Waals surface area contributed by atoms with Crippen LogP contribution in [0.5, 0.6) is 0 Å². The number of carbonyl (C=O) groups excluding carboxylic acids is 2. The number of amides is 2. The van der Waals surface area contributed by atoms with E-state index < -0.39 is 0 Å². The first kappa shape index (κ1) is 13.8. The predicted molar refractivity (Wildman–Crippen MR) is 71.5 cm³/mol. The van der Waals surface area contributed by atoms with Crippen molar-refractivity contribution in [2.45, 2.75) is 18.9 Å². The molecule has 2 amide bonds. The Morgan fingerprint density at radius 1 is 1.53 bits per heavy atom. The molecule has 19 heavy (non-hydrogen) atoms. The second-order valence-corrected chi connectivity index (χ2v) is 4.88. The van der Waals surface area contributed by atoms with Crippen molar-refractivity contribution in [2.24, 2.45) is 12.8 Å². The van der Waals surface area contributed by atoms with Crippen LogP contribution in [0.3, 0.4) is 0 Å². The Morgan fingerprint density at radius 2 is 2.32 bits per heavy atom. The maximum atomic E-state index is 11.9. The van der Waals surface area contributed by atoms with Crippen LogP contribution in [0, 0.1) is 0 Å². The van der Waals surface area contributed by atoms with Crippen molar-refractivity contribution in [1.82, 2.24) is 14.8 Å². The number of nitrogens with two attached hydrogens (primary N) is 1. The molecule has 104 valence electrons. The summed E-state index contributed by atoms with van der Waals surface area (Å²) in [6, 6.07) is 3.71. The quantitative estimate of drug-likeness (QED) is 0.783. The minimum absolute atomic E-state index is 0.234. The third-order valence-electron chi connectivity index (χ3n) is 3.55. The number of nitrogens with one attached hydrogen (secondary N) is 1. The lowest BCUT2D eigenvalue weighted by Gasteiger charge is -2.21. The highest BCUT2D eigenvalue weighted by Gasteiger charge is 2.25. The maximum Gasteiger partial charge on any atom is 0.274 e. The average Bonchev–Trinajstić information content (AvgIpc) is 2.97. The fraction of sp³-hybridized carbons (Fsp3) is 0.538. The van der Waals surface area contributed by atoms with Gasteiger partial charge < -0.3 is 10.3 Å². The summed E-state index contributed by atoms with van der Waals surface area (Å²) in [6.45, 7) is 1.66. The van der Waals surface area contributed by atoms with E-state index in [2.05, 4.69) is 5.32 Å². The molecular formula is C13H20N4O2. The van der Waals surface area contributed by atoms with Crippen LogP contribution in [0.4, 0.5) is 0 Å². The van der Waals surface area contributed by atoms with Gasteiger partial charge in [-0.2, -0.15) is 0 Å². The van der Waals surface area contributed by atoms with Crippen molar-refractivity contribution < 1.29 is 9.59 Å². The zero-order valence-corrected chi connectivity index (χ0v) is 11.1. The summed E-state index contributed by atoms with van der Waals surface area (Å²) in [6.07, 6.45) is 3.85. The van der Waals surface area contributed by atoms with Gasteiger partial charge in [0.15, 0.2) is 0 Å². The number of imide groups is 1. The van der Waals surface area contributed by atoms with Gasteiger partial charge in [-0.3, -0.25) is 19.8 Å². The van der Waals surface area contributed by atoms with E-state index in [1.807, 2.05) is 4.90 Å². The molecule has 1 fully saturated rings. The van der Waals surface area contributed by atoms with Crippen molar-refractivity contribution in [3.8, 4) is 0 Å². The molecule has 2 heterocycles. The number of nitrogens with zero attached hydrogens (tertiary/aromatic N) is 2. The molecule has 0 bridgehead atoms. The van der Waals surface area contributed by atoms with Gasteiger partial charge in [0, 0.05) is 25.8 Å². The Labute approximate surface area is 112 Å². The molecule has 0 saturated carbocycles. The number of likely N-dealkylation sites (tertiary alicyclic amines) is 1. The Kier molecular flexibility index (Phi) is 4.34. The van der Waals surface area contributed by atoms with E-state index in [1.165, 1.54) is 0 Å². The van der Waals surface area contributed by atoms with Gasteiger partial charge in [-0.1, -0.05) is 0 Å². The van der Waals surface area contributed by atoms with Crippen LogP contribution in [0.2, 0.25) is 0 Å². The summed E-state index contributed by atoms with van der Waals surface area (Å²) in [5.74, 6) is -0.632. The molecule has 3 N–H and O–H groups in total. The second kappa shape index (κ2) is 5.99. The topological polar surface area (TPSA) is 80.4 Å². The van der Waals surface area contributed by atoms with E-state index in [9.17, 15) is 9.59 Å². The van der Waals surface area contributed by atoms with E-state index in [0.717, 1.165) is 19.4 Å². The van der Waals surface area contributed by atoms with Gasteiger partial charge >= 0.3 is 0 Å². The molecule has 1 atom stereocenters. The number of aryl methyl sites for hydroxylation is 1. The van der Waals surface area contributed by atoms with Crippen molar-refractivity contribution in [3.63, 3.8) is 0 Å². The van der Waals surface area contributed by atoms with Gasteiger partial charge in [0.25, 0.3) is 5.91 Å². The van der Waals surface area contributed by atoms with Gasteiger partial charge in [-0.15, -0.1) is 0 Å². The summed E-state index contributed by atoms with van der Waals surface area (Å²) >= 11 is 0. The molecular weight excluding hydrogens is 244 g/mol. The van der Waals surface area contributed by atoms with Gasteiger partial charge in [0.2, 0.25) is 5.91 Å². The molecule has 1 aromatic rings. The highest BCUT2D eigenvalue weighted by Crippen LogP contribution is 2.15. The summed E-state index contributed by atoms with van der Waals surface area (Å²) in [4.78, 5) is 25.8. The smallest absolute Gasteiger partial charge is 0.274 e. The monoisotopic (exact) mass is 264 g/mol. The first-order chi connectivity index (χ1) is 9.11. The van der Waals surface area contributed by atoms with Crippen molar-refractivity contribution in [3.05, 3.63) is 24.0 Å². The van der Waals surface area contributed by atoms with Crippen LogP contribution in [0.1, 0.15) is 23.3 Å². The molecule has 0 aliphatic carbocycles. The first-order valence-corrected chi connectivity index (χ1v) is 6.51. The summed E-state index contributed by atoms with van der Waals surface area (Å²) in [5.41, 5.74) is 6.13. The molecule has 6 nitrogen and oxygen atoms in total. The van der Waals surface area contributed by atoms with E-state index >= 15 is 0 Å². The lowest BCUT2D eigenvalue weighted by molar-refractivity contribution is -0.121. The molecule has 0 radical (unpaired) electrons. The molecule has 1 aromatic heterocycles. The van der Waals surface area contributed by atoms with Crippen LogP contribution in [-0.2, 0) is 11.8 Å². The Morgan fingerprint density at radius 3 is 2.95 bits per heavy atom. The van der Waals surface area contributed by atoms with Crippen LogP contribution >= 0.6 is 0 Å². The van der Waals surface area contributed by atoms with Gasteiger partial charge in [-0.25, -0.2) is 0 Å². The lowest BCUT2D eigenvalue weighted by atomic mass is 10.2. The molecule has 0 aromatic carbocycles. The van der Waals surface area contributed by atoms with E-state index in [0.29, 0.717) is 12.2 Å². The fourth-order valence-corrected chi connectivity index (χ4v) is 2.48. The summed E-state index contributed by atoms with van der Waals surface area (Å²) in [7, 11) is 1.77. The average molecular weight is 264 g/mol. The third-order valence-corrected chi connectivity index (χ3v) is 3.55. The Balaban J connectivity index is 1.88. The Bertz CT molecular complexity index is 469. The fourth-order valence-electron chi connectivity index (χ4n) is 2.48. The van der Waals surface area contributed by atoms with Crippen LogP contribution < -0.4 is 11.1 Å². The summed E-state index contributed by atoms with van der Waals surface area (Å²) in [5, 5.41) is 2.41. The van der Waals surface area contributed by atoms with Crippen LogP contribution in [-0.4, -0.2) is 47.0 Å². The molecule has 1 saturated heterocycles. The van der Waals surface area contributed by atoms with Crippen molar-refractivity contribution in [1.29, 1.82) is 0 Å². The van der Waals surface area contributed by atoms with Crippen LogP contribution in [0.25, 0.3) is 0 Å². The van der Waals surface area contributed by atoms with E-state index in [1.54, 1.807) is 29.9 Å². The SMILES string of the molecule is Cn1cccc1C(=O)NC(=O)CN1CCCC1CN. The highest BCUT2D eigenvalue weighted by molar-refractivity contribution is 6.04. The molecule has 6 heteroatoms. The normalized spacial score (nSPS) is 19.6. The number of hydrogen-bond donors (Lipinski definition) is 2. The summed E-state index contributed by atoms with van der Waals surface area (Å²) < 4.78 is 1.68. The minimum Gasteiger partial charge on any atom is -0.347 e. The third kappa shape index (κ3) is 3.21. The molecule has 2 rings (SSSR count).